The van der Waals surface area contributed by atoms with Crippen molar-refractivity contribution in [1.82, 2.24) is 9.80 Å². The number of hydrogen-bond donors (Lipinski definition) is 2. The maximum atomic E-state index is 12.8. The maximum absolute atomic E-state index is 12.8. The SMILES string of the molecule is O=C1[C@@H]2[C@H]3C=C[C@H]([C@@H]2C(=O)N1CCO)[C@@H]1[C@@H]2C(=O)N(CCO)C(=O)[C@H]2[C@@H]31. The van der Waals surface area contributed by atoms with Crippen LogP contribution in [0.2, 0.25) is 0 Å². The van der Waals surface area contributed by atoms with Gasteiger partial charge in [0.05, 0.1) is 50.0 Å². The summed E-state index contributed by atoms with van der Waals surface area (Å²) in [5.74, 6) is -3.51. The minimum atomic E-state index is -0.485. The number of carbonyl (C=O) groups excluding carboxylic acids is 4. The van der Waals surface area contributed by atoms with Gasteiger partial charge >= 0.3 is 0 Å². The summed E-state index contributed by atoms with van der Waals surface area (Å²) < 4.78 is 0. The summed E-state index contributed by atoms with van der Waals surface area (Å²) in [4.78, 5) is 53.2. The zero-order valence-electron chi connectivity index (χ0n) is 14.0. The van der Waals surface area contributed by atoms with Crippen molar-refractivity contribution in [3.8, 4) is 0 Å². The third-order valence-corrected chi connectivity index (χ3v) is 7.17. The molecule has 6 aliphatic rings. The first-order chi connectivity index (χ1) is 12.5. The van der Waals surface area contributed by atoms with Crippen LogP contribution in [0, 0.1) is 47.3 Å². The van der Waals surface area contributed by atoms with E-state index in [1.165, 1.54) is 0 Å². The van der Waals surface area contributed by atoms with E-state index in [0.717, 1.165) is 9.80 Å². The number of allylic oxidation sites excluding steroid dienone is 2. The topological polar surface area (TPSA) is 115 Å². The predicted molar refractivity (Wildman–Crippen MR) is 84.7 cm³/mol. The highest BCUT2D eigenvalue weighted by Crippen LogP contribution is 2.68. The molecule has 2 heterocycles. The summed E-state index contributed by atoms with van der Waals surface area (Å²) in [5, 5.41) is 18.3. The molecule has 8 nitrogen and oxygen atoms in total. The molecule has 4 fully saturated rings. The number of β-amino-alcohol motifs (C(OH)–C–C–N with tert-alkyl or cyclic N) is 2. The first kappa shape index (κ1) is 16.1. The Labute approximate surface area is 149 Å². The number of hydrogen-bond acceptors (Lipinski definition) is 6. The van der Waals surface area contributed by atoms with Gasteiger partial charge in [0.25, 0.3) is 0 Å². The van der Waals surface area contributed by atoms with Crippen molar-refractivity contribution in [3.63, 3.8) is 0 Å². The highest BCUT2D eigenvalue weighted by Gasteiger charge is 2.74. The quantitative estimate of drug-likeness (QED) is 0.453. The fraction of sp³-hybridized carbons (Fsp3) is 0.667. The molecular weight excluding hydrogens is 340 g/mol. The molecule has 26 heavy (non-hydrogen) atoms. The minimum absolute atomic E-state index is 0.00185. The third kappa shape index (κ3) is 1.63. The Bertz CT molecular complexity index is 707. The molecule has 0 spiro atoms. The molecule has 2 aliphatic heterocycles. The monoisotopic (exact) mass is 360 g/mol. The first-order valence-corrected chi connectivity index (χ1v) is 9.13. The van der Waals surface area contributed by atoms with Crippen LogP contribution in [0.1, 0.15) is 0 Å². The van der Waals surface area contributed by atoms with Crippen LogP contribution in [0.3, 0.4) is 0 Å². The van der Waals surface area contributed by atoms with E-state index in [0.29, 0.717) is 0 Å². The second-order valence-electron chi connectivity index (χ2n) is 7.90. The second-order valence-corrected chi connectivity index (χ2v) is 7.90. The largest absolute Gasteiger partial charge is 0.395 e. The van der Waals surface area contributed by atoms with E-state index >= 15 is 0 Å². The number of nitrogens with zero attached hydrogens (tertiary/aromatic N) is 2. The van der Waals surface area contributed by atoms with Crippen LogP contribution in [-0.2, 0) is 19.2 Å². The van der Waals surface area contributed by atoms with Gasteiger partial charge in [-0.15, -0.1) is 0 Å². The van der Waals surface area contributed by atoms with Gasteiger partial charge in [0.15, 0.2) is 0 Å². The number of aliphatic hydroxyl groups excluding tert-OH is 2. The molecule has 0 aromatic rings. The van der Waals surface area contributed by atoms with Crippen molar-refractivity contribution >= 4 is 23.6 Å². The zero-order valence-corrected chi connectivity index (χ0v) is 14.0. The van der Waals surface area contributed by atoms with Crippen LogP contribution in [-0.4, -0.2) is 69.9 Å². The van der Waals surface area contributed by atoms with Gasteiger partial charge in [0, 0.05) is 0 Å². The van der Waals surface area contributed by atoms with Crippen molar-refractivity contribution in [2.45, 2.75) is 0 Å². The van der Waals surface area contributed by atoms with Gasteiger partial charge < -0.3 is 10.2 Å². The Kier molecular flexibility index (Phi) is 3.25. The highest BCUT2D eigenvalue weighted by molar-refractivity contribution is 6.09. The maximum Gasteiger partial charge on any atom is 0.233 e. The molecule has 8 heteroatoms. The second kappa shape index (κ2) is 5.23. The average molecular weight is 360 g/mol. The van der Waals surface area contributed by atoms with Gasteiger partial charge in [-0.1, -0.05) is 12.2 Å². The van der Waals surface area contributed by atoms with E-state index in [1.807, 2.05) is 12.2 Å². The van der Waals surface area contributed by atoms with Crippen LogP contribution in [0.25, 0.3) is 0 Å². The molecule has 0 aromatic heterocycles. The van der Waals surface area contributed by atoms with E-state index in [-0.39, 0.29) is 73.6 Å². The molecule has 6 rings (SSSR count). The van der Waals surface area contributed by atoms with Gasteiger partial charge in [0.1, 0.15) is 0 Å². The predicted octanol–water partition coefficient (Wildman–Crippen LogP) is -1.76. The van der Waals surface area contributed by atoms with E-state index < -0.39 is 23.7 Å². The molecule has 2 N–H and O–H groups in total. The normalized spacial score (nSPS) is 45.2. The molecule has 2 saturated heterocycles. The van der Waals surface area contributed by atoms with Crippen LogP contribution in [0.4, 0.5) is 0 Å². The number of imide groups is 2. The summed E-state index contributed by atoms with van der Waals surface area (Å²) >= 11 is 0. The number of fused-ring (bicyclic) bond motifs is 1. The van der Waals surface area contributed by atoms with E-state index in [4.69, 9.17) is 10.2 Å². The molecule has 4 amide bonds. The van der Waals surface area contributed by atoms with Gasteiger partial charge in [-0.3, -0.25) is 29.0 Å². The van der Waals surface area contributed by atoms with Gasteiger partial charge in [-0.05, 0) is 23.7 Å². The lowest BCUT2D eigenvalue weighted by Crippen LogP contribution is -2.63. The van der Waals surface area contributed by atoms with Gasteiger partial charge in [-0.2, -0.15) is 0 Å². The fourth-order valence-electron chi connectivity index (χ4n) is 6.37. The third-order valence-electron chi connectivity index (χ3n) is 7.17. The molecule has 0 unspecified atom stereocenters. The van der Waals surface area contributed by atoms with E-state index in [1.54, 1.807) is 0 Å². The van der Waals surface area contributed by atoms with Crippen LogP contribution in [0.15, 0.2) is 12.2 Å². The number of carbonyl (C=O) groups is 4. The van der Waals surface area contributed by atoms with Crippen molar-refractivity contribution in [2.75, 3.05) is 26.3 Å². The Balaban J connectivity index is 1.51. The summed E-state index contributed by atoms with van der Waals surface area (Å²) in [6.45, 7) is -0.545. The summed E-state index contributed by atoms with van der Waals surface area (Å²) in [6.07, 6.45) is 3.90. The Morgan fingerprint density at radius 3 is 1.35 bits per heavy atom. The standard InChI is InChI=1S/C18H20N2O6/c21-5-3-19-15(23)11-7-1-2-8(12(11)16(19)24)10-9(7)13-14(10)18(26)20(4-6-22)17(13)25/h1-2,7-14,21-22H,3-6H2/t7-,8-,9-,10-,11-,12+,13-,14-/m0/s1. The molecule has 0 aromatic carbocycles. The number of rotatable bonds is 4. The van der Waals surface area contributed by atoms with Crippen molar-refractivity contribution in [1.29, 1.82) is 0 Å². The summed E-state index contributed by atoms with van der Waals surface area (Å²) in [6, 6.07) is 0. The van der Waals surface area contributed by atoms with Crippen LogP contribution in [0.5, 0.6) is 0 Å². The van der Waals surface area contributed by atoms with Crippen LogP contribution < -0.4 is 0 Å². The number of amides is 4. The minimum Gasteiger partial charge on any atom is -0.395 e. The molecule has 138 valence electrons. The molecule has 8 atom stereocenters. The smallest absolute Gasteiger partial charge is 0.233 e. The Morgan fingerprint density at radius 2 is 1.00 bits per heavy atom. The molecule has 2 bridgehead atoms. The van der Waals surface area contributed by atoms with E-state index in [9.17, 15) is 19.2 Å². The Morgan fingerprint density at radius 1 is 0.654 bits per heavy atom. The highest BCUT2D eigenvalue weighted by atomic mass is 16.3. The zero-order chi connectivity index (χ0) is 18.3. The molecular formula is C18H20N2O6. The summed E-state index contributed by atoms with van der Waals surface area (Å²) in [7, 11) is 0. The van der Waals surface area contributed by atoms with Crippen molar-refractivity contribution in [3.05, 3.63) is 12.2 Å². The molecule has 0 radical (unpaired) electrons. The van der Waals surface area contributed by atoms with Gasteiger partial charge in [0.2, 0.25) is 23.6 Å². The number of aliphatic hydroxyl groups is 2. The summed E-state index contributed by atoms with van der Waals surface area (Å²) in [5.41, 5.74) is 0. The Hall–Kier alpha value is -2.06. The lowest BCUT2D eigenvalue weighted by Gasteiger charge is -2.60. The van der Waals surface area contributed by atoms with Crippen molar-refractivity contribution in [2.24, 2.45) is 47.3 Å². The first-order valence-electron chi connectivity index (χ1n) is 9.13. The lowest BCUT2D eigenvalue weighted by atomic mass is 9.40. The molecule has 2 saturated carbocycles. The van der Waals surface area contributed by atoms with Gasteiger partial charge in [-0.25, -0.2) is 0 Å². The average Bonchev–Trinajstić information content (AvgIpc) is 2.97. The fourth-order valence-corrected chi connectivity index (χ4v) is 6.37. The van der Waals surface area contributed by atoms with E-state index in [2.05, 4.69) is 0 Å². The number of likely N-dealkylation sites (tertiary alicyclic amines) is 2. The van der Waals surface area contributed by atoms with Crippen molar-refractivity contribution < 1.29 is 29.4 Å². The lowest BCUT2D eigenvalue weighted by molar-refractivity contribution is -0.166. The van der Waals surface area contributed by atoms with Crippen LogP contribution >= 0.6 is 0 Å². The molecule has 4 aliphatic carbocycles.